The minimum absolute atomic E-state index is 0. The average molecular weight is 903 g/mol. The van der Waals surface area contributed by atoms with Gasteiger partial charge in [-0.2, -0.15) is 11.3 Å². The molecule has 0 bridgehead atoms. The Labute approximate surface area is 313 Å². The van der Waals surface area contributed by atoms with Gasteiger partial charge in [0.25, 0.3) is 0 Å². The van der Waals surface area contributed by atoms with E-state index in [2.05, 4.69) is 148 Å². The van der Waals surface area contributed by atoms with E-state index >= 15 is 0 Å². The predicted octanol–water partition coefficient (Wildman–Crippen LogP) is 11.2. The number of hydrogen-bond donors (Lipinski definition) is 0. The van der Waals surface area contributed by atoms with Gasteiger partial charge in [-0.1, -0.05) is 83.7 Å². The second-order valence-corrected chi connectivity index (χ2v) is 25.1. The standard InChI is InChI=1S/C30H19N2S.C14H16GeN.Ir/c1-2-9-20(10-3-1)19-32-27-18-22-12-5-4-11-21(22)17-26(27)31-30(32)25-15-8-14-24-23-13-6-7-16-28(23)33-29(24)25;1-15(2,3)13-9-10-14(16-11-13)12-7-5-4-6-8-12;/h1-14,16-18H,19H2;4-7,9-11H,1-3H3;/q2*-1;. The van der Waals surface area contributed by atoms with E-state index in [0.717, 1.165) is 40.2 Å². The molecule has 1 radical (unpaired) electrons. The van der Waals surface area contributed by atoms with Gasteiger partial charge in [0.2, 0.25) is 0 Å². The molecule has 0 atom stereocenters. The third-order valence-electron chi connectivity index (χ3n) is 8.98. The second kappa shape index (κ2) is 14.5. The molecule has 0 saturated carbocycles. The summed E-state index contributed by atoms with van der Waals surface area (Å²) in [4.78, 5) is 9.72. The van der Waals surface area contributed by atoms with Crippen molar-refractivity contribution >= 4 is 71.0 Å². The number of hydrogen-bond acceptors (Lipinski definition) is 3. The molecule has 3 nitrogen and oxygen atoms in total. The van der Waals surface area contributed by atoms with E-state index in [4.69, 9.17) is 4.98 Å². The fourth-order valence-electron chi connectivity index (χ4n) is 6.33. The number of imidazole rings is 1. The first-order chi connectivity index (χ1) is 23.9. The van der Waals surface area contributed by atoms with Crippen molar-refractivity contribution in [3.05, 3.63) is 163 Å². The van der Waals surface area contributed by atoms with Crippen LogP contribution in [0.25, 0.3) is 64.6 Å². The van der Waals surface area contributed by atoms with E-state index in [9.17, 15) is 0 Å². The van der Waals surface area contributed by atoms with Gasteiger partial charge in [-0.15, -0.1) is 18.2 Å². The molecule has 0 amide bonds. The summed E-state index contributed by atoms with van der Waals surface area (Å²) in [5, 5.41) is 5.01. The van der Waals surface area contributed by atoms with Crippen LogP contribution in [0.3, 0.4) is 0 Å². The maximum atomic E-state index is 5.19. The van der Waals surface area contributed by atoms with Gasteiger partial charge in [-0.3, -0.25) is 4.98 Å². The van der Waals surface area contributed by atoms with E-state index in [0.29, 0.717) is 0 Å². The molecule has 0 aliphatic rings. The van der Waals surface area contributed by atoms with Crippen LogP contribution < -0.4 is 4.40 Å². The SMILES string of the molecule is [CH3][Ge]([CH3])([CH3])[c]1ccc(-c2[c-]cccc2)nc1.[Ir].[c-]1ccc2c(sc3ccccc32)c1-c1nc2cc3ccccc3cc2n1Cc1ccccc1. The minimum Gasteiger partial charge on any atom is -0.360 e. The predicted molar refractivity (Wildman–Crippen MR) is 211 cm³/mol. The van der Waals surface area contributed by atoms with Gasteiger partial charge in [-0.25, -0.2) is 0 Å². The normalized spacial score (nSPS) is 11.4. The second-order valence-electron chi connectivity index (χ2n) is 13.3. The maximum absolute atomic E-state index is 5.19. The fourth-order valence-corrected chi connectivity index (χ4v) is 9.70. The molecular formula is C44H35GeIrN3S-2. The zero-order chi connectivity index (χ0) is 33.4. The number of fused-ring (bicyclic) bond motifs is 5. The number of pyridine rings is 1. The molecule has 0 saturated heterocycles. The summed E-state index contributed by atoms with van der Waals surface area (Å²) in [6.45, 7) is 0.764. The number of benzene rings is 6. The molecule has 9 aromatic rings. The Kier molecular flexibility index (Phi) is 9.85. The first-order valence-electron chi connectivity index (χ1n) is 16.6. The first kappa shape index (κ1) is 34.1. The molecule has 0 unspecified atom stereocenters. The van der Waals surface area contributed by atoms with Gasteiger partial charge >= 0.3 is 99.8 Å². The van der Waals surface area contributed by atoms with Crippen LogP contribution in [-0.4, -0.2) is 27.8 Å². The monoisotopic (exact) mass is 904 g/mol. The number of nitrogens with zero attached hydrogens (tertiary/aromatic N) is 3. The largest absolute Gasteiger partial charge is 0.360 e. The smallest absolute Gasteiger partial charge is 0.0777 e. The topological polar surface area (TPSA) is 30.7 Å². The van der Waals surface area contributed by atoms with Crippen molar-refractivity contribution in [1.82, 2.24) is 14.5 Å². The first-order valence-corrected chi connectivity index (χ1v) is 24.8. The molecule has 0 fully saturated rings. The van der Waals surface area contributed by atoms with E-state index in [1.165, 1.54) is 40.9 Å². The molecule has 3 heterocycles. The fraction of sp³-hybridized carbons (Fsp3) is 0.0909. The van der Waals surface area contributed by atoms with Crippen molar-refractivity contribution in [2.45, 2.75) is 23.8 Å². The Morgan fingerprint density at radius 2 is 1.44 bits per heavy atom. The Hall–Kier alpha value is -4.39. The third kappa shape index (κ3) is 6.84. The van der Waals surface area contributed by atoms with Gasteiger partial charge in [0.05, 0.1) is 16.9 Å². The van der Waals surface area contributed by atoms with Gasteiger partial charge in [0.15, 0.2) is 0 Å². The quantitative estimate of drug-likeness (QED) is 0.127. The van der Waals surface area contributed by atoms with E-state index < -0.39 is 13.3 Å². The molecule has 0 N–H and O–H groups in total. The molecule has 6 heteroatoms. The number of rotatable bonds is 5. The minimum atomic E-state index is -1.72. The van der Waals surface area contributed by atoms with Crippen molar-refractivity contribution in [1.29, 1.82) is 0 Å². The van der Waals surface area contributed by atoms with Crippen molar-refractivity contribution in [2.24, 2.45) is 0 Å². The summed E-state index contributed by atoms with van der Waals surface area (Å²) >= 11 is 0.111. The molecule has 50 heavy (non-hydrogen) atoms. The molecule has 0 aliphatic carbocycles. The molecule has 3 aromatic heterocycles. The van der Waals surface area contributed by atoms with E-state index in [-0.39, 0.29) is 20.1 Å². The summed E-state index contributed by atoms with van der Waals surface area (Å²) in [5.41, 5.74) is 6.58. The van der Waals surface area contributed by atoms with Gasteiger partial charge in [-0.05, 0) is 44.6 Å². The van der Waals surface area contributed by atoms with Crippen LogP contribution >= 0.6 is 11.3 Å². The molecule has 9 rings (SSSR count). The Bertz CT molecular complexity index is 2550. The summed E-state index contributed by atoms with van der Waals surface area (Å²) in [6.07, 6.45) is 2.04. The zero-order valence-corrected chi connectivity index (χ0v) is 33.5. The van der Waals surface area contributed by atoms with Crippen molar-refractivity contribution < 1.29 is 20.1 Å². The molecular weight excluding hydrogens is 867 g/mol. The van der Waals surface area contributed by atoms with Crippen LogP contribution in [0, 0.1) is 12.1 Å². The van der Waals surface area contributed by atoms with Crippen molar-refractivity contribution in [2.75, 3.05) is 0 Å². The van der Waals surface area contributed by atoms with Crippen LogP contribution in [0.15, 0.2) is 146 Å². The summed E-state index contributed by atoms with van der Waals surface area (Å²) < 4.78 is 6.34. The van der Waals surface area contributed by atoms with E-state index in [1.54, 1.807) is 0 Å². The van der Waals surface area contributed by atoms with Crippen LogP contribution in [-0.2, 0) is 26.7 Å². The third-order valence-corrected chi connectivity index (χ3v) is 14.4. The summed E-state index contributed by atoms with van der Waals surface area (Å²) in [5.74, 6) is 8.11. The molecule has 0 spiro atoms. The Morgan fingerprint density at radius 3 is 2.18 bits per heavy atom. The van der Waals surface area contributed by atoms with Crippen molar-refractivity contribution in [3.8, 4) is 22.6 Å². The maximum Gasteiger partial charge on any atom is 0.0777 e. The van der Waals surface area contributed by atoms with Crippen LogP contribution in [0.2, 0.25) is 17.3 Å². The van der Waals surface area contributed by atoms with Crippen LogP contribution in [0.4, 0.5) is 0 Å². The average Bonchev–Trinajstić information content (AvgIpc) is 3.69. The molecule has 247 valence electrons. The van der Waals surface area contributed by atoms with Gasteiger partial charge in [0.1, 0.15) is 0 Å². The van der Waals surface area contributed by atoms with Crippen LogP contribution in [0.5, 0.6) is 0 Å². The Morgan fingerprint density at radius 1 is 0.700 bits per heavy atom. The van der Waals surface area contributed by atoms with Gasteiger partial charge in [0, 0.05) is 31.4 Å². The number of thiophene rings is 1. The summed E-state index contributed by atoms with van der Waals surface area (Å²) in [7, 11) is 0. The summed E-state index contributed by atoms with van der Waals surface area (Å²) in [6, 6.07) is 55.5. The molecule has 6 aromatic carbocycles. The zero-order valence-electron chi connectivity index (χ0n) is 28.1. The number of aromatic nitrogens is 3. The van der Waals surface area contributed by atoms with Crippen molar-refractivity contribution in [3.63, 3.8) is 0 Å². The molecule has 0 aliphatic heterocycles. The van der Waals surface area contributed by atoms with Gasteiger partial charge < -0.3 is 4.57 Å². The van der Waals surface area contributed by atoms with Crippen LogP contribution in [0.1, 0.15) is 5.56 Å². The Balaban J connectivity index is 0.000000196. The van der Waals surface area contributed by atoms with E-state index in [1.807, 2.05) is 47.9 Å².